The summed E-state index contributed by atoms with van der Waals surface area (Å²) >= 11 is 0. The maximum atomic E-state index is 15.4. The van der Waals surface area contributed by atoms with E-state index < -0.39 is 149 Å². The summed E-state index contributed by atoms with van der Waals surface area (Å²) in [5, 5.41) is 106. The zero-order valence-corrected chi connectivity index (χ0v) is 55.2. The number of hydrazine groups is 1. The number of fused-ring (bicyclic) bond motifs is 6. The molecule has 92 heavy (non-hydrogen) atoms. The summed E-state index contributed by atoms with van der Waals surface area (Å²) < 4.78 is 12.0. The number of hydrogen-bond donors (Lipinski definition) is 12. The number of carbonyl (C=O) groups excluding carboxylic acids is 5. The molecule has 9 rings (SSSR count). The lowest BCUT2D eigenvalue weighted by atomic mass is 9.46. The second kappa shape index (κ2) is 28.6. The number of Topliss-reactive ketones (excluding diaryl/α,β-unsaturated/α-hetero) is 2. The molecule has 510 valence electrons. The van der Waals surface area contributed by atoms with E-state index in [4.69, 9.17) is 15.3 Å². The van der Waals surface area contributed by atoms with Crippen LogP contribution in [0.25, 0.3) is 0 Å². The standard InChI is InChI=1S/C65H95N7O18S2/c1-7-50(77)67-45(15-16-51(78)79)47(75)27-37(52(80)53(81)48(76)33-73)25-39(74)26-38(55(82)83)34-92-91-24-23-90-60(86)72(66)59(85)65(88)57-64(19-22-71-20-12-18-63(9-3,56(64)71)58(65)84)42-28-43(49(89-6)29-46(42)69(57)5)61(4)30-36-31-62(87,8-2)35-70(32-36)21-17-41-40-13-10-11-14-44(40)68-54(41)61/h10-11,13-14,28-29,36-38,41,45,48,52-54,56-58,68,73,76,80-81,84,87-88H,7-9,12,15-27,30-35,66H2,1-6H3,(H,67,77)(H,78,79)(H,82,83)/t36-,37-,38-,41?,45-,48+,52+,53+,54?,56-,57+,58+,61+,62-,63+,64+,65-/m0/s1. The second-order valence-electron chi connectivity index (χ2n) is 27.3. The fourth-order valence-electron chi connectivity index (χ4n) is 17.7. The van der Waals surface area contributed by atoms with Gasteiger partial charge in [-0.1, -0.05) is 67.5 Å². The van der Waals surface area contributed by atoms with Crippen molar-refractivity contribution in [1.29, 1.82) is 0 Å². The largest absolute Gasteiger partial charge is 0.496 e. The molecule has 6 heterocycles. The Morgan fingerprint density at radius 2 is 1.65 bits per heavy atom. The van der Waals surface area contributed by atoms with E-state index in [9.17, 15) is 74.7 Å². The molecule has 0 aromatic heterocycles. The van der Waals surface area contributed by atoms with Crippen LogP contribution in [0.2, 0.25) is 0 Å². The molecular formula is C65H95N7O18S2. The molecule has 1 aliphatic carbocycles. The molecule has 2 bridgehead atoms. The van der Waals surface area contributed by atoms with E-state index in [-0.39, 0.29) is 59.9 Å². The number of benzene rings is 2. The SMILES string of the molecule is CCC(=O)N[C@@H](CCC(=O)O)C(=O)C[C@H](CC(=O)C[C@@H](CSSCCOC(=O)N(N)C(=O)[C@@]1(O)[C@H](O)[C@]2(CC)CCCN3CC[C@@]4(c5cc([C@@]6(C)C[C@@H]7CN(CCC8c9ccccc9NC86)C[C@](O)(CC)C7)c(OC)cc5N(C)[C@@H]14)[C@@H]32)C(=O)O)[C@@H](O)[C@H](O)[C@H](O)CO. The molecule has 2 aromatic carbocycles. The van der Waals surface area contributed by atoms with Gasteiger partial charge < -0.3 is 75.9 Å². The summed E-state index contributed by atoms with van der Waals surface area (Å²) in [6.07, 6.45) is -6.98. The van der Waals surface area contributed by atoms with Gasteiger partial charge >= 0.3 is 18.0 Å². The number of anilines is 2. The zero-order chi connectivity index (χ0) is 67.0. The van der Waals surface area contributed by atoms with Crippen molar-refractivity contribution in [3.8, 4) is 5.75 Å². The van der Waals surface area contributed by atoms with Gasteiger partial charge in [0.1, 0.15) is 36.5 Å². The number of ether oxygens (including phenoxy) is 2. The first-order chi connectivity index (χ1) is 43.6. The normalized spacial score (nSPS) is 32.2. The van der Waals surface area contributed by atoms with Crippen molar-refractivity contribution >= 4 is 74.4 Å². The van der Waals surface area contributed by atoms with Crippen LogP contribution in [0.4, 0.5) is 16.2 Å². The minimum Gasteiger partial charge on any atom is -0.496 e. The number of nitrogens with one attached hydrogen (secondary N) is 2. The van der Waals surface area contributed by atoms with Crippen molar-refractivity contribution in [1.82, 2.24) is 20.1 Å². The third-order valence-corrected chi connectivity index (χ3v) is 24.4. The van der Waals surface area contributed by atoms with Gasteiger partial charge in [-0.3, -0.25) is 33.7 Å². The van der Waals surface area contributed by atoms with Gasteiger partial charge in [0.25, 0.3) is 5.91 Å². The van der Waals surface area contributed by atoms with Crippen LogP contribution in [0.1, 0.15) is 140 Å². The zero-order valence-electron chi connectivity index (χ0n) is 53.5. The predicted octanol–water partition coefficient (Wildman–Crippen LogP) is 2.89. The number of carboxylic acid groups (broad SMARTS) is 2. The number of aliphatic hydroxyl groups excluding tert-OH is 5. The molecule has 0 radical (unpaired) electrons. The lowest BCUT2D eigenvalue weighted by Crippen LogP contribution is -2.82. The number of methoxy groups -OCH3 is 1. The molecule has 7 aliphatic rings. The summed E-state index contributed by atoms with van der Waals surface area (Å²) in [4.78, 5) is 99.3. The molecule has 25 nitrogen and oxygen atoms in total. The van der Waals surface area contributed by atoms with Crippen LogP contribution in [0.15, 0.2) is 36.4 Å². The highest BCUT2D eigenvalue weighted by molar-refractivity contribution is 8.76. The number of para-hydroxylation sites is 1. The first-order valence-electron chi connectivity index (χ1n) is 32.5. The Morgan fingerprint density at radius 3 is 2.33 bits per heavy atom. The molecule has 5 fully saturated rings. The fraction of sp³-hybridized carbons (Fsp3) is 0.708. The maximum Gasteiger partial charge on any atom is 0.431 e. The highest BCUT2D eigenvalue weighted by Crippen LogP contribution is 2.69. The third kappa shape index (κ3) is 13.2. The van der Waals surface area contributed by atoms with Gasteiger partial charge in [-0.2, -0.15) is 5.01 Å². The first kappa shape index (κ1) is 71.1. The van der Waals surface area contributed by atoms with E-state index in [1.54, 1.807) is 14.2 Å². The summed E-state index contributed by atoms with van der Waals surface area (Å²) in [7, 11) is 5.53. The molecule has 18 atom stereocenters. The number of rotatable bonds is 28. The number of carbonyl (C=O) groups is 7. The Kier molecular flexibility index (Phi) is 22.2. The molecule has 2 aromatic rings. The van der Waals surface area contributed by atoms with E-state index in [2.05, 4.69) is 64.6 Å². The molecule has 27 heteroatoms. The Bertz CT molecular complexity index is 3080. The van der Waals surface area contributed by atoms with E-state index in [1.165, 1.54) is 12.5 Å². The predicted molar refractivity (Wildman–Crippen MR) is 343 cm³/mol. The summed E-state index contributed by atoms with van der Waals surface area (Å²) in [5.41, 5.74) is -1.27. The average molecular weight is 1330 g/mol. The Labute approximate surface area is 544 Å². The topological polar surface area (TPSA) is 383 Å². The number of aliphatic carboxylic acids is 2. The van der Waals surface area contributed by atoms with Crippen LogP contribution >= 0.6 is 21.6 Å². The van der Waals surface area contributed by atoms with Crippen LogP contribution in [0, 0.1) is 23.2 Å². The number of nitrogens with two attached hydrogens (primary N) is 1. The van der Waals surface area contributed by atoms with Gasteiger partial charge in [0, 0.05) is 127 Å². The molecule has 1 saturated carbocycles. The summed E-state index contributed by atoms with van der Waals surface area (Å²) in [6, 6.07) is 9.83. The number of aliphatic hydroxyl groups is 7. The first-order valence-corrected chi connectivity index (χ1v) is 35.0. The Hall–Kier alpha value is -5.17. The van der Waals surface area contributed by atoms with Crippen LogP contribution in [-0.4, -0.2) is 234 Å². The lowest BCUT2D eigenvalue weighted by molar-refractivity contribution is -0.226. The van der Waals surface area contributed by atoms with Crippen molar-refractivity contribution in [3.05, 3.63) is 53.1 Å². The number of nitrogens with zero attached hydrogens (tertiary/aromatic N) is 4. The van der Waals surface area contributed by atoms with Gasteiger partial charge in [-0.15, -0.1) is 0 Å². The highest BCUT2D eigenvalue weighted by atomic mass is 33.1. The highest BCUT2D eigenvalue weighted by Gasteiger charge is 2.79. The minimum absolute atomic E-state index is 0.0235. The molecule has 4 saturated heterocycles. The summed E-state index contributed by atoms with van der Waals surface area (Å²) in [6.45, 7) is 10.1. The summed E-state index contributed by atoms with van der Waals surface area (Å²) in [5.74, 6) is -1.63. The quantitative estimate of drug-likeness (QED) is 0.0192. The number of hydrogen-bond acceptors (Lipinski definition) is 23. The van der Waals surface area contributed by atoms with Crippen LogP contribution in [0.3, 0.4) is 0 Å². The van der Waals surface area contributed by atoms with Crippen LogP contribution < -0.4 is 26.1 Å². The minimum atomic E-state index is -2.69. The number of likely N-dealkylation sites (N-methyl/N-ethyl adjacent to an activating group) is 1. The van der Waals surface area contributed by atoms with E-state index >= 15 is 4.79 Å². The van der Waals surface area contributed by atoms with E-state index in [0.29, 0.717) is 63.1 Å². The molecule has 6 aliphatic heterocycles. The average Bonchev–Trinajstić information content (AvgIpc) is 1.45. The number of ketones is 2. The smallest absolute Gasteiger partial charge is 0.431 e. The monoisotopic (exact) mass is 1330 g/mol. The van der Waals surface area contributed by atoms with E-state index in [0.717, 1.165) is 70.9 Å². The van der Waals surface area contributed by atoms with E-state index in [1.807, 2.05) is 17.9 Å². The Balaban J connectivity index is 0.917. The van der Waals surface area contributed by atoms with Crippen LogP contribution in [0.5, 0.6) is 5.75 Å². The number of carboxylic acids is 2. The van der Waals surface area contributed by atoms with Crippen molar-refractivity contribution in [2.45, 2.75) is 194 Å². The number of imide groups is 1. The van der Waals surface area contributed by atoms with Gasteiger partial charge in [0.15, 0.2) is 11.4 Å². The van der Waals surface area contributed by atoms with Crippen molar-refractivity contribution in [3.63, 3.8) is 0 Å². The second-order valence-corrected chi connectivity index (χ2v) is 29.9. The third-order valence-electron chi connectivity index (χ3n) is 22.0. The van der Waals surface area contributed by atoms with Crippen LogP contribution in [-0.2, 0) is 44.3 Å². The molecule has 1 spiro atoms. The number of amides is 3. The molecule has 3 unspecified atom stereocenters. The lowest BCUT2D eigenvalue weighted by Gasteiger charge is -2.65. The van der Waals surface area contributed by atoms with Crippen molar-refractivity contribution in [2.24, 2.45) is 29.0 Å². The van der Waals surface area contributed by atoms with Gasteiger partial charge in [0.05, 0.1) is 43.4 Å². The van der Waals surface area contributed by atoms with Gasteiger partial charge in [-0.05, 0) is 107 Å². The number of piperidine rings is 2. The maximum absolute atomic E-state index is 15.4. The van der Waals surface area contributed by atoms with Crippen molar-refractivity contribution < 1.29 is 89.0 Å². The van der Waals surface area contributed by atoms with Gasteiger partial charge in [0.2, 0.25) is 5.91 Å². The van der Waals surface area contributed by atoms with Gasteiger partial charge in [-0.25, -0.2) is 10.6 Å². The Morgan fingerprint density at radius 1 is 0.913 bits per heavy atom. The molecule has 13 N–H and O–H groups in total. The molecule has 3 amide bonds. The fourth-order valence-corrected chi connectivity index (χ4v) is 19.8. The van der Waals surface area contributed by atoms with Crippen molar-refractivity contribution in [2.75, 3.05) is 81.8 Å². The molecular weight excluding hydrogens is 1230 g/mol.